The van der Waals surface area contributed by atoms with Crippen LogP contribution >= 0.6 is 0 Å². The van der Waals surface area contributed by atoms with E-state index in [0.29, 0.717) is 24.2 Å². The Morgan fingerprint density at radius 2 is 1.70 bits per heavy atom. The first kappa shape index (κ1) is 27.9. The van der Waals surface area contributed by atoms with Crippen molar-refractivity contribution in [3.05, 3.63) is 107 Å². The van der Waals surface area contributed by atoms with Crippen LogP contribution in [-0.4, -0.2) is 37.4 Å². The Hall–Kier alpha value is -5.25. The van der Waals surface area contributed by atoms with E-state index in [9.17, 15) is 14.4 Å². The van der Waals surface area contributed by atoms with Crippen LogP contribution in [0.2, 0.25) is 0 Å². The fourth-order valence-electron chi connectivity index (χ4n) is 5.43. The Kier molecular flexibility index (Phi) is 8.26. The number of nitrogens with one attached hydrogen (secondary N) is 3. The van der Waals surface area contributed by atoms with E-state index in [4.69, 9.17) is 4.74 Å². The predicted octanol–water partition coefficient (Wildman–Crippen LogP) is 4.68. The minimum Gasteiger partial charge on any atom is -0.490 e. The molecular formula is C33H32N6O4. The van der Waals surface area contributed by atoms with Crippen LogP contribution in [0, 0.1) is 5.92 Å². The van der Waals surface area contributed by atoms with Crippen molar-refractivity contribution in [2.75, 3.05) is 5.32 Å². The third kappa shape index (κ3) is 6.64. The molecule has 5 aromatic rings. The Labute approximate surface area is 248 Å². The highest BCUT2D eigenvalue weighted by molar-refractivity contribution is 5.92. The second kappa shape index (κ2) is 12.7. The molecular weight excluding hydrogens is 544 g/mol. The second-order valence-corrected chi connectivity index (χ2v) is 10.7. The van der Waals surface area contributed by atoms with Gasteiger partial charge in [-0.05, 0) is 49.9 Å². The normalized spacial score (nSPS) is 16.5. The van der Waals surface area contributed by atoms with Gasteiger partial charge in [0.05, 0.1) is 18.8 Å². The van der Waals surface area contributed by atoms with Crippen molar-refractivity contribution in [3.63, 3.8) is 0 Å². The molecule has 1 saturated carbocycles. The van der Waals surface area contributed by atoms with Crippen LogP contribution in [0.25, 0.3) is 22.3 Å². The first-order valence-corrected chi connectivity index (χ1v) is 14.4. The quantitative estimate of drug-likeness (QED) is 0.234. The number of pyridine rings is 1. The third-order valence-corrected chi connectivity index (χ3v) is 7.68. The highest BCUT2D eigenvalue weighted by atomic mass is 16.5. The number of amides is 2. The average Bonchev–Trinajstić information content (AvgIpc) is 3.46. The number of rotatable bonds is 9. The molecule has 6 rings (SSSR count). The number of fused-ring (bicyclic) bond motifs is 1. The Bertz CT molecular complexity index is 1740. The lowest BCUT2D eigenvalue weighted by Gasteiger charge is -2.28. The van der Waals surface area contributed by atoms with Gasteiger partial charge < -0.3 is 20.4 Å². The largest absolute Gasteiger partial charge is 0.490 e. The van der Waals surface area contributed by atoms with E-state index in [1.165, 1.54) is 10.8 Å². The fraction of sp³-hybridized carbons (Fsp3) is 0.242. The summed E-state index contributed by atoms with van der Waals surface area (Å²) in [6.45, 7) is -0.00701. The highest BCUT2D eigenvalue weighted by Crippen LogP contribution is 2.28. The van der Waals surface area contributed by atoms with Gasteiger partial charge in [0, 0.05) is 40.5 Å². The van der Waals surface area contributed by atoms with Gasteiger partial charge in [0.25, 0.3) is 5.56 Å². The number of carbonyl (C=O) groups is 2. The molecule has 0 aliphatic heterocycles. The molecule has 10 nitrogen and oxygen atoms in total. The van der Waals surface area contributed by atoms with Crippen molar-refractivity contribution in [2.45, 2.75) is 44.9 Å². The molecule has 3 N–H and O–H groups in total. The Morgan fingerprint density at radius 1 is 0.953 bits per heavy atom. The summed E-state index contributed by atoms with van der Waals surface area (Å²) in [6, 6.07) is 22.6. The molecule has 2 amide bonds. The minimum absolute atomic E-state index is 0.0447. The molecule has 0 unspecified atom stereocenters. The number of aromatic amines is 1. The summed E-state index contributed by atoms with van der Waals surface area (Å²) in [5, 5.41) is 6.61. The Balaban J connectivity index is 1.14. The summed E-state index contributed by atoms with van der Waals surface area (Å²) >= 11 is 0. The molecule has 10 heteroatoms. The van der Waals surface area contributed by atoms with Crippen LogP contribution in [0.15, 0.2) is 96.2 Å². The summed E-state index contributed by atoms with van der Waals surface area (Å²) in [4.78, 5) is 51.8. The molecule has 1 aliphatic rings. The van der Waals surface area contributed by atoms with E-state index >= 15 is 0 Å². The van der Waals surface area contributed by atoms with E-state index in [0.717, 1.165) is 35.2 Å². The number of carbonyl (C=O) groups excluding carboxylic acids is 2. The van der Waals surface area contributed by atoms with Gasteiger partial charge in [0.1, 0.15) is 23.8 Å². The zero-order valence-electron chi connectivity index (χ0n) is 23.5. The van der Waals surface area contributed by atoms with E-state index in [2.05, 4.69) is 25.6 Å². The summed E-state index contributed by atoms with van der Waals surface area (Å²) < 4.78 is 7.36. The number of ether oxygens (including phenoxy) is 1. The number of anilines is 1. The molecule has 1 fully saturated rings. The number of H-pyrrole nitrogens is 1. The van der Waals surface area contributed by atoms with Crippen LogP contribution in [0.1, 0.15) is 31.4 Å². The van der Waals surface area contributed by atoms with E-state index < -0.39 is 5.56 Å². The monoisotopic (exact) mass is 576 g/mol. The lowest BCUT2D eigenvalue weighted by molar-refractivity contribution is -0.122. The minimum atomic E-state index is -0.491. The van der Waals surface area contributed by atoms with Crippen LogP contribution < -0.4 is 20.9 Å². The van der Waals surface area contributed by atoms with Gasteiger partial charge in [-0.3, -0.25) is 23.9 Å². The van der Waals surface area contributed by atoms with Crippen LogP contribution in [0.4, 0.5) is 5.69 Å². The Morgan fingerprint density at radius 3 is 2.44 bits per heavy atom. The maximum atomic E-state index is 13.7. The molecule has 0 radical (unpaired) electrons. The molecule has 218 valence electrons. The number of nitrogens with zero attached hydrogens (tertiary/aromatic N) is 3. The maximum absolute atomic E-state index is 13.7. The SMILES string of the molecule is O=C(Cn1c(-c2ccccc2)ncc(NC(=O)C2CCC(Oc3ccccc3)CC2)c1=O)NCc1cc2cnccc2[nH]1. The summed E-state index contributed by atoms with van der Waals surface area (Å²) in [7, 11) is 0. The summed E-state index contributed by atoms with van der Waals surface area (Å²) in [6.07, 6.45) is 7.67. The molecule has 43 heavy (non-hydrogen) atoms. The van der Waals surface area contributed by atoms with Crippen LogP contribution in [0.3, 0.4) is 0 Å². The van der Waals surface area contributed by atoms with Crippen molar-refractivity contribution in [1.82, 2.24) is 24.8 Å². The van der Waals surface area contributed by atoms with Gasteiger partial charge >= 0.3 is 0 Å². The van der Waals surface area contributed by atoms with Gasteiger partial charge in [-0.2, -0.15) is 0 Å². The fourth-order valence-corrected chi connectivity index (χ4v) is 5.43. The molecule has 0 atom stereocenters. The van der Waals surface area contributed by atoms with Crippen molar-refractivity contribution >= 4 is 28.4 Å². The van der Waals surface area contributed by atoms with Crippen molar-refractivity contribution < 1.29 is 14.3 Å². The zero-order valence-corrected chi connectivity index (χ0v) is 23.5. The van der Waals surface area contributed by atoms with Gasteiger partial charge in [0.15, 0.2) is 0 Å². The zero-order chi connectivity index (χ0) is 29.6. The molecule has 0 saturated heterocycles. The maximum Gasteiger partial charge on any atom is 0.278 e. The van der Waals surface area contributed by atoms with E-state index in [1.54, 1.807) is 12.4 Å². The number of aromatic nitrogens is 4. The van der Waals surface area contributed by atoms with Crippen LogP contribution in [0.5, 0.6) is 5.75 Å². The average molecular weight is 577 g/mol. The molecule has 0 spiro atoms. The molecule has 1 aliphatic carbocycles. The first-order valence-electron chi connectivity index (χ1n) is 14.4. The van der Waals surface area contributed by atoms with Crippen molar-refractivity contribution in [3.8, 4) is 17.1 Å². The number of benzene rings is 2. The van der Waals surface area contributed by atoms with E-state index in [-0.39, 0.29) is 42.6 Å². The smallest absolute Gasteiger partial charge is 0.278 e. The van der Waals surface area contributed by atoms with Crippen molar-refractivity contribution in [2.24, 2.45) is 5.92 Å². The van der Waals surface area contributed by atoms with Crippen LogP contribution in [-0.2, 0) is 22.7 Å². The number of hydrogen-bond donors (Lipinski definition) is 3. The summed E-state index contributed by atoms with van der Waals surface area (Å²) in [5.74, 6) is 0.330. The number of hydrogen-bond acceptors (Lipinski definition) is 6. The number of para-hydroxylation sites is 1. The van der Waals surface area contributed by atoms with Gasteiger partial charge in [-0.15, -0.1) is 0 Å². The highest BCUT2D eigenvalue weighted by Gasteiger charge is 2.28. The molecule has 3 aromatic heterocycles. The molecule has 0 bridgehead atoms. The molecule has 3 heterocycles. The van der Waals surface area contributed by atoms with Gasteiger partial charge in [0.2, 0.25) is 11.8 Å². The lowest BCUT2D eigenvalue weighted by Crippen LogP contribution is -2.36. The third-order valence-electron chi connectivity index (χ3n) is 7.68. The topological polar surface area (TPSA) is 131 Å². The molecule has 2 aromatic carbocycles. The predicted molar refractivity (Wildman–Crippen MR) is 163 cm³/mol. The van der Waals surface area contributed by atoms with Crippen molar-refractivity contribution in [1.29, 1.82) is 0 Å². The second-order valence-electron chi connectivity index (χ2n) is 10.7. The van der Waals surface area contributed by atoms with Gasteiger partial charge in [-0.1, -0.05) is 48.5 Å². The lowest BCUT2D eigenvalue weighted by atomic mass is 9.86. The standard InChI is InChI=1S/C33H32N6O4/c40-30(35-19-25-17-24-18-34-16-15-28(24)37-25)21-39-31(22-7-3-1-4-8-22)36-20-29(33(39)42)38-32(41)23-11-13-27(14-12-23)43-26-9-5-2-6-10-26/h1-10,15-18,20,23,27,37H,11-14,19,21H2,(H,35,40)(H,38,41). The first-order chi connectivity index (χ1) is 21.0. The summed E-state index contributed by atoms with van der Waals surface area (Å²) in [5.41, 5.74) is 1.98. The van der Waals surface area contributed by atoms with E-state index in [1.807, 2.05) is 72.8 Å². The van der Waals surface area contributed by atoms with Gasteiger partial charge in [-0.25, -0.2) is 4.98 Å².